The molecule has 0 amide bonds. The molecule has 100 valence electrons. The van der Waals surface area contributed by atoms with E-state index in [2.05, 4.69) is 25.8 Å². The molecule has 0 saturated carbocycles. The molecule has 0 aliphatic heterocycles. The van der Waals surface area contributed by atoms with Gasteiger partial charge in [-0.25, -0.2) is 0 Å². The number of ether oxygens (including phenoxy) is 1. The summed E-state index contributed by atoms with van der Waals surface area (Å²) < 4.78 is 5.76. The van der Waals surface area contributed by atoms with Crippen LogP contribution in [0.4, 0.5) is 0 Å². The fraction of sp³-hybridized carbons (Fsp3) is 0.294. The first-order valence-corrected chi connectivity index (χ1v) is 6.42. The predicted molar refractivity (Wildman–Crippen MR) is 78.9 cm³/mol. The summed E-state index contributed by atoms with van der Waals surface area (Å²) in [5.74, 6) is 4.06. The third kappa shape index (κ3) is 4.65. The Labute approximate surface area is 115 Å². The summed E-state index contributed by atoms with van der Waals surface area (Å²) in [6, 6.07) is 7.88. The smallest absolute Gasteiger partial charge is 0.130 e. The van der Waals surface area contributed by atoms with Gasteiger partial charge in [-0.15, -0.1) is 6.42 Å². The molecule has 0 heterocycles. The summed E-state index contributed by atoms with van der Waals surface area (Å²) in [5, 5.41) is 9.29. The van der Waals surface area contributed by atoms with E-state index in [4.69, 9.17) is 11.2 Å². The van der Waals surface area contributed by atoms with Crippen molar-refractivity contribution in [1.29, 1.82) is 0 Å². The highest BCUT2D eigenvalue weighted by Crippen LogP contribution is 2.29. The van der Waals surface area contributed by atoms with Gasteiger partial charge in [0.2, 0.25) is 0 Å². The zero-order valence-electron chi connectivity index (χ0n) is 11.5. The van der Waals surface area contributed by atoms with Crippen LogP contribution in [0, 0.1) is 12.3 Å². The molecule has 0 saturated heterocycles. The number of para-hydroxylation sites is 1. The predicted octanol–water partition coefficient (Wildman–Crippen LogP) is 3.64. The summed E-state index contributed by atoms with van der Waals surface area (Å²) >= 11 is 0. The van der Waals surface area contributed by atoms with Gasteiger partial charge in [0.15, 0.2) is 0 Å². The molecule has 2 heteroatoms. The molecule has 0 aliphatic carbocycles. The third-order valence-corrected chi connectivity index (χ3v) is 2.93. The number of hydrogen-bond acceptors (Lipinski definition) is 2. The normalized spacial score (nSPS) is 13.3. The van der Waals surface area contributed by atoms with Gasteiger partial charge in [0, 0.05) is 0 Å². The highest BCUT2D eigenvalue weighted by molar-refractivity contribution is 5.37. The van der Waals surface area contributed by atoms with Crippen molar-refractivity contribution < 1.29 is 9.84 Å². The minimum atomic E-state index is -0.163. The van der Waals surface area contributed by atoms with Crippen molar-refractivity contribution in [3.05, 3.63) is 53.8 Å². The molecule has 1 aromatic carbocycles. The number of hydrogen-bond donors (Lipinski definition) is 1. The van der Waals surface area contributed by atoms with E-state index in [0.717, 1.165) is 17.7 Å². The van der Waals surface area contributed by atoms with Crippen LogP contribution in [0.5, 0.6) is 5.75 Å². The Balaban J connectivity index is 2.95. The maximum absolute atomic E-state index is 9.29. The van der Waals surface area contributed by atoms with Gasteiger partial charge < -0.3 is 9.84 Å². The van der Waals surface area contributed by atoms with Gasteiger partial charge >= 0.3 is 0 Å². The molecular formula is C17H20O2. The molecule has 0 radical (unpaired) electrons. The van der Waals surface area contributed by atoms with Crippen molar-refractivity contribution in [2.75, 3.05) is 6.61 Å². The maximum atomic E-state index is 9.29. The van der Waals surface area contributed by atoms with Crippen molar-refractivity contribution >= 4 is 0 Å². The van der Waals surface area contributed by atoms with Crippen LogP contribution in [0.2, 0.25) is 0 Å². The molecule has 0 bridgehead atoms. The Morgan fingerprint density at radius 3 is 2.84 bits per heavy atom. The second-order valence-corrected chi connectivity index (χ2v) is 4.27. The zero-order chi connectivity index (χ0) is 14.1. The van der Waals surface area contributed by atoms with Gasteiger partial charge in [-0.1, -0.05) is 44.0 Å². The third-order valence-electron chi connectivity index (χ3n) is 2.93. The van der Waals surface area contributed by atoms with Crippen LogP contribution in [0.3, 0.4) is 0 Å². The van der Waals surface area contributed by atoms with Crippen LogP contribution in [0.25, 0.3) is 0 Å². The molecular weight excluding hydrogens is 236 g/mol. The SMILES string of the molecule is C#C/C=C\C=C(/CO)Oc1ccccc1C(C)CC. The average molecular weight is 256 g/mol. The van der Waals surface area contributed by atoms with E-state index in [1.165, 1.54) is 0 Å². The van der Waals surface area contributed by atoms with Gasteiger partial charge in [-0.05, 0) is 36.1 Å². The van der Waals surface area contributed by atoms with E-state index in [-0.39, 0.29) is 6.61 Å². The van der Waals surface area contributed by atoms with Gasteiger partial charge in [0.05, 0.1) is 0 Å². The molecule has 1 unspecified atom stereocenters. The Bertz CT molecular complexity index is 492. The number of aliphatic hydroxyl groups excluding tert-OH is 1. The van der Waals surface area contributed by atoms with Crippen LogP contribution >= 0.6 is 0 Å². The molecule has 0 aromatic heterocycles. The molecule has 2 nitrogen and oxygen atoms in total. The van der Waals surface area contributed by atoms with Crippen molar-refractivity contribution in [3.63, 3.8) is 0 Å². The molecule has 1 rings (SSSR count). The van der Waals surface area contributed by atoms with E-state index >= 15 is 0 Å². The van der Waals surface area contributed by atoms with Gasteiger partial charge in [-0.2, -0.15) is 0 Å². The Morgan fingerprint density at radius 2 is 2.21 bits per heavy atom. The number of allylic oxidation sites excluding steroid dienone is 3. The highest BCUT2D eigenvalue weighted by atomic mass is 16.5. The van der Waals surface area contributed by atoms with Crippen LogP contribution in [-0.2, 0) is 0 Å². The molecule has 19 heavy (non-hydrogen) atoms. The highest BCUT2D eigenvalue weighted by Gasteiger charge is 2.10. The lowest BCUT2D eigenvalue weighted by molar-refractivity contribution is 0.261. The second kappa shape index (κ2) is 8.18. The van der Waals surface area contributed by atoms with Crippen LogP contribution < -0.4 is 4.74 Å². The number of benzene rings is 1. The first kappa shape index (κ1) is 15.1. The minimum absolute atomic E-state index is 0.163. The fourth-order valence-corrected chi connectivity index (χ4v) is 1.67. The summed E-state index contributed by atoms with van der Waals surface area (Å²) in [6.45, 7) is 4.13. The molecule has 1 N–H and O–H groups in total. The van der Waals surface area contributed by atoms with E-state index in [1.54, 1.807) is 18.2 Å². The molecule has 0 fully saturated rings. The zero-order valence-corrected chi connectivity index (χ0v) is 11.5. The number of rotatable bonds is 6. The van der Waals surface area contributed by atoms with Crippen LogP contribution in [0.15, 0.2) is 48.3 Å². The maximum Gasteiger partial charge on any atom is 0.130 e. The number of terminal acetylenes is 1. The van der Waals surface area contributed by atoms with Crippen molar-refractivity contribution in [3.8, 4) is 18.1 Å². The summed E-state index contributed by atoms with van der Waals surface area (Å²) in [6.07, 6.45) is 11.1. The minimum Gasteiger partial charge on any atom is -0.459 e. The average Bonchev–Trinajstić information content (AvgIpc) is 2.46. The second-order valence-electron chi connectivity index (χ2n) is 4.27. The molecule has 1 aromatic rings. The standard InChI is InChI=1S/C17H20O2/c1-4-6-7-10-15(13-18)19-17-12-9-8-11-16(17)14(3)5-2/h1,6-12,14,18H,5,13H2,2-3H3/b7-6-,15-10+. The molecule has 0 spiro atoms. The first-order chi connectivity index (χ1) is 9.22. The summed E-state index contributed by atoms with van der Waals surface area (Å²) in [4.78, 5) is 0. The lowest BCUT2D eigenvalue weighted by Gasteiger charge is -2.16. The van der Waals surface area contributed by atoms with Crippen LogP contribution in [0.1, 0.15) is 31.7 Å². The number of aliphatic hydroxyl groups is 1. The van der Waals surface area contributed by atoms with Gasteiger partial charge in [0.25, 0.3) is 0 Å². The monoisotopic (exact) mass is 256 g/mol. The Morgan fingerprint density at radius 1 is 1.47 bits per heavy atom. The first-order valence-electron chi connectivity index (χ1n) is 6.42. The quantitative estimate of drug-likeness (QED) is 0.478. The van der Waals surface area contributed by atoms with E-state index < -0.39 is 0 Å². The van der Waals surface area contributed by atoms with Crippen molar-refractivity contribution in [2.24, 2.45) is 0 Å². The van der Waals surface area contributed by atoms with Gasteiger partial charge in [0.1, 0.15) is 18.1 Å². The topological polar surface area (TPSA) is 29.5 Å². The summed E-state index contributed by atoms with van der Waals surface area (Å²) in [5.41, 5.74) is 1.14. The van der Waals surface area contributed by atoms with Crippen LogP contribution in [-0.4, -0.2) is 11.7 Å². The van der Waals surface area contributed by atoms with Crippen molar-refractivity contribution in [1.82, 2.24) is 0 Å². The van der Waals surface area contributed by atoms with E-state index in [0.29, 0.717) is 11.7 Å². The molecule has 0 aliphatic rings. The Hall–Kier alpha value is -1.98. The molecule has 1 atom stereocenters. The summed E-state index contributed by atoms with van der Waals surface area (Å²) in [7, 11) is 0. The van der Waals surface area contributed by atoms with E-state index in [9.17, 15) is 5.11 Å². The lowest BCUT2D eigenvalue weighted by atomic mass is 9.98. The Kier molecular flexibility index (Phi) is 6.49. The van der Waals surface area contributed by atoms with E-state index in [1.807, 2.05) is 18.2 Å². The van der Waals surface area contributed by atoms with Crippen molar-refractivity contribution in [2.45, 2.75) is 26.2 Å². The largest absolute Gasteiger partial charge is 0.459 e. The fourth-order valence-electron chi connectivity index (χ4n) is 1.67. The van der Waals surface area contributed by atoms with Gasteiger partial charge in [-0.3, -0.25) is 0 Å². The lowest BCUT2D eigenvalue weighted by Crippen LogP contribution is -2.03.